The van der Waals surface area contributed by atoms with E-state index in [0.717, 1.165) is 0 Å². The van der Waals surface area contributed by atoms with Crippen LogP contribution in [0.2, 0.25) is 0 Å². The van der Waals surface area contributed by atoms with E-state index in [2.05, 4.69) is 23.4 Å². The molecule has 20 heavy (non-hydrogen) atoms. The number of allylic oxidation sites excluding steroid dienone is 4. The number of azo groups is 1. The molecule has 0 unspecified atom stereocenters. The smallest absolute Gasteiger partial charge is 0.337 e. The lowest BCUT2D eigenvalue weighted by molar-refractivity contribution is -0.132. The van der Waals surface area contributed by atoms with Gasteiger partial charge in [0.2, 0.25) is 0 Å². The van der Waals surface area contributed by atoms with E-state index in [4.69, 9.17) is 10.2 Å². The molecule has 1 aromatic carbocycles. The van der Waals surface area contributed by atoms with Crippen molar-refractivity contribution in [1.82, 2.24) is 0 Å². The summed E-state index contributed by atoms with van der Waals surface area (Å²) in [5.74, 6) is -1.02. The predicted molar refractivity (Wildman–Crippen MR) is 76.8 cm³/mol. The van der Waals surface area contributed by atoms with E-state index < -0.39 is 5.97 Å². The van der Waals surface area contributed by atoms with Crippen LogP contribution in [0, 0.1) is 0 Å². The standard InChI is InChI=1S/C15H14N2O3/c1-3-5-13(15(19)20)14(6-4-2)17-16-11-7-9-12(18)10-8-11/h3-10,18H,1-2H2,(H,19,20)/b13-5+,14-6+,17-16+. The van der Waals surface area contributed by atoms with Gasteiger partial charge in [-0.1, -0.05) is 25.3 Å². The van der Waals surface area contributed by atoms with Crippen molar-refractivity contribution in [3.8, 4) is 5.75 Å². The van der Waals surface area contributed by atoms with E-state index >= 15 is 0 Å². The van der Waals surface area contributed by atoms with Gasteiger partial charge < -0.3 is 10.2 Å². The Balaban J connectivity index is 3.09. The lowest BCUT2D eigenvalue weighted by Crippen LogP contribution is -2.01. The zero-order valence-corrected chi connectivity index (χ0v) is 10.7. The van der Waals surface area contributed by atoms with E-state index in [1.807, 2.05) is 0 Å². The average Bonchev–Trinajstić information content (AvgIpc) is 2.42. The first-order chi connectivity index (χ1) is 9.58. The van der Waals surface area contributed by atoms with Crippen molar-refractivity contribution in [3.63, 3.8) is 0 Å². The molecule has 0 aliphatic carbocycles. The highest BCUT2D eigenvalue weighted by Gasteiger charge is 2.11. The van der Waals surface area contributed by atoms with Gasteiger partial charge in [-0.15, -0.1) is 5.11 Å². The molecule has 5 nitrogen and oxygen atoms in total. The summed E-state index contributed by atoms with van der Waals surface area (Å²) in [4.78, 5) is 11.1. The molecule has 0 fully saturated rings. The molecule has 0 aliphatic rings. The molecule has 1 rings (SSSR count). The number of rotatable bonds is 6. The van der Waals surface area contributed by atoms with Gasteiger partial charge in [0.25, 0.3) is 0 Å². The van der Waals surface area contributed by atoms with Crippen LogP contribution in [0.1, 0.15) is 0 Å². The Morgan fingerprint density at radius 2 is 1.70 bits per heavy atom. The number of carboxylic acid groups (broad SMARTS) is 1. The van der Waals surface area contributed by atoms with Crippen molar-refractivity contribution in [1.29, 1.82) is 0 Å². The van der Waals surface area contributed by atoms with Crippen LogP contribution in [0.4, 0.5) is 5.69 Å². The van der Waals surface area contributed by atoms with Gasteiger partial charge in [-0.25, -0.2) is 4.79 Å². The van der Waals surface area contributed by atoms with E-state index in [9.17, 15) is 4.79 Å². The summed E-state index contributed by atoms with van der Waals surface area (Å²) in [6.45, 7) is 6.97. The summed E-state index contributed by atoms with van der Waals surface area (Å²) in [5, 5.41) is 26.1. The minimum Gasteiger partial charge on any atom is -0.508 e. The molecule has 2 N–H and O–H groups in total. The number of hydrogen-bond acceptors (Lipinski definition) is 4. The Labute approximate surface area is 116 Å². The molecule has 0 aromatic heterocycles. The zero-order valence-electron chi connectivity index (χ0n) is 10.7. The van der Waals surface area contributed by atoms with Crippen LogP contribution in [-0.2, 0) is 4.79 Å². The summed E-state index contributed by atoms with van der Waals surface area (Å²) in [5.41, 5.74) is 0.601. The molecule has 0 amide bonds. The first-order valence-electron chi connectivity index (χ1n) is 5.68. The number of aliphatic carboxylic acids is 1. The van der Waals surface area contributed by atoms with Crippen molar-refractivity contribution < 1.29 is 15.0 Å². The fraction of sp³-hybridized carbons (Fsp3) is 0. The van der Waals surface area contributed by atoms with Crippen LogP contribution in [0.3, 0.4) is 0 Å². The minimum absolute atomic E-state index is 0.0394. The van der Waals surface area contributed by atoms with E-state index in [1.54, 1.807) is 12.1 Å². The van der Waals surface area contributed by atoms with Crippen molar-refractivity contribution in [2.45, 2.75) is 0 Å². The number of benzene rings is 1. The van der Waals surface area contributed by atoms with Gasteiger partial charge in [0.15, 0.2) is 0 Å². The Morgan fingerprint density at radius 1 is 1.10 bits per heavy atom. The van der Waals surface area contributed by atoms with E-state index in [-0.39, 0.29) is 17.0 Å². The second-order valence-corrected chi connectivity index (χ2v) is 3.63. The maximum atomic E-state index is 11.1. The molecule has 0 saturated heterocycles. The number of aromatic hydroxyl groups is 1. The number of nitrogens with zero attached hydrogens (tertiary/aromatic N) is 2. The maximum absolute atomic E-state index is 11.1. The van der Waals surface area contributed by atoms with Crippen molar-refractivity contribution in [3.05, 3.63) is 73.0 Å². The summed E-state index contributed by atoms with van der Waals surface area (Å²) in [7, 11) is 0. The average molecular weight is 270 g/mol. The molecule has 0 atom stereocenters. The number of phenolic OH excluding ortho intramolecular Hbond substituents is 1. The molecule has 5 heteroatoms. The molecular weight excluding hydrogens is 256 g/mol. The van der Waals surface area contributed by atoms with Gasteiger partial charge >= 0.3 is 5.97 Å². The predicted octanol–water partition coefficient (Wildman–Crippen LogP) is 3.74. The Bertz CT molecular complexity index is 596. The molecule has 0 spiro atoms. The van der Waals surface area contributed by atoms with E-state index in [1.165, 1.54) is 36.4 Å². The first-order valence-corrected chi connectivity index (χ1v) is 5.68. The van der Waals surface area contributed by atoms with Gasteiger partial charge in [0.1, 0.15) is 11.4 Å². The SMILES string of the molecule is C=C/C=C(/N=N/c1ccc(O)cc1)C(=C/C=C)\C(=O)O. The molecular formula is C15H14N2O3. The zero-order chi connectivity index (χ0) is 15.0. The van der Waals surface area contributed by atoms with Gasteiger partial charge in [-0.3, -0.25) is 0 Å². The largest absolute Gasteiger partial charge is 0.508 e. The lowest BCUT2D eigenvalue weighted by Gasteiger charge is -2.00. The summed E-state index contributed by atoms with van der Waals surface area (Å²) < 4.78 is 0. The Hall–Kier alpha value is -2.95. The second kappa shape index (κ2) is 7.48. The van der Waals surface area contributed by atoms with Crippen LogP contribution in [-0.4, -0.2) is 16.2 Å². The third-order valence-electron chi connectivity index (χ3n) is 2.19. The van der Waals surface area contributed by atoms with Crippen LogP contribution in [0.25, 0.3) is 0 Å². The quantitative estimate of drug-likeness (QED) is 0.469. The monoisotopic (exact) mass is 270 g/mol. The van der Waals surface area contributed by atoms with Crippen LogP contribution >= 0.6 is 0 Å². The van der Waals surface area contributed by atoms with Gasteiger partial charge in [0.05, 0.1) is 11.3 Å². The Kier molecular flexibility index (Phi) is 5.65. The highest BCUT2D eigenvalue weighted by molar-refractivity contribution is 5.92. The molecule has 0 aliphatic heterocycles. The molecule has 0 radical (unpaired) electrons. The fourth-order valence-electron chi connectivity index (χ4n) is 1.30. The fourth-order valence-corrected chi connectivity index (χ4v) is 1.30. The second-order valence-electron chi connectivity index (χ2n) is 3.63. The van der Waals surface area contributed by atoms with E-state index in [0.29, 0.717) is 5.69 Å². The van der Waals surface area contributed by atoms with Gasteiger partial charge in [0, 0.05) is 0 Å². The molecule has 0 heterocycles. The highest BCUT2D eigenvalue weighted by Crippen LogP contribution is 2.20. The lowest BCUT2D eigenvalue weighted by atomic mass is 10.1. The summed E-state index contributed by atoms with van der Waals surface area (Å²) in [6.07, 6.45) is 5.54. The van der Waals surface area contributed by atoms with Crippen molar-refractivity contribution in [2.24, 2.45) is 10.2 Å². The maximum Gasteiger partial charge on any atom is 0.337 e. The van der Waals surface area contributed by atoms with Gasteiger partial charge in [-0.2, -0.15) is 5.11 Å². The summed E-state index contributed by atoms with van der Waals surface area (Å²) in [6, 6.07) is 6.04. The third-order valence-corrected chi connectivity index (χ3v) is 2.19. The van der Waals surface area contributed by atoms with Crippen molar-refractivity contribution in [2.75, 3.05) is 0 Å². The van der Waals surface area contributed by atoms with Crippen LogP contribution in [0.5, 0.6) is 5.75 Å². The molecule has 0 saturated carbocycles. The van der Waals surface area contributed by atoms with Gasteiger partial charge in [-0.05, 0) is 36.4 Å². The number of phenols is 1. The first kappa shape index (κ1) is 15.1. The molecule has 0 bridgehead atoms. The molecule has 102 valence electrons. The molecule has 1 aromatic rings. The number of carbonyl (C=O) groups is 1. The van der Waals surface area contributed by atoms with Crippen molar-refractivity contribution >= 4 is 11.7 Å². The number of hydrogen-bond donors (Lipinski definition) is 2. The van der Waals surface area contributed by atoms with Crippen LogP contribution in [0.15, 0.2) is 83.2 Å². The number of carboxylic acids is 1. The normalized spacial score (nSPS) is 12.4. The third kappa shape index (κ3) is 4.38. The summed E-state index contributed by atoms with van der Waals surface area (Å²) >= 11 is 0. The minimum atomic E-state index is -1.14. The topological polar surface area (TPSA) is 82.2 Å². The highest BCUT2D eigenvalue weighted by atomic mass is 16.4. The van der Waals surface area contributed by atoms with Crippen LogP contribution < -0.4 is 0 Å². The Morgan fingerprint density at radius 3 is 2.20 bits per heavy atom.